The lowest BCUT2D eigenvalue weighted by Crippen LogP contribution is -2.18. The van der Waals surface area contributed by atoms with Crippen molar-refractivity contribution in [2.45, 2.75) is 0 Å². The minimum Gasteiger partial charge on any atom is -0.507 e. The average molecular weight is 336 g/mol. The number of H-pyrrole nitrogens is 1. The molecule has 1 amide bonds. The number of hydrogen-bond acceptors (Lipinski definition) is 5. The Bertz CT molecular complexity index is 901. The molecule has 0 unspecified atom stereocenters. The Morgan fingerprint density at radius 2 is 2.00 bits per heavy atom. The first-order chi connectivity index (χ1) is 12.2. The molecule has 126 valence electrons. The van der Waals surface area contributed by atoms with Crippen molar-refractivity contribution in [3.05, 3.63) is 65.9 Å². The summed E-state index contributed by atoms with van der Waals surface area (Å²) in [5, 5.41) is 20.3. The van der Waals surface area contributed by atoms with E-state index in [2.05, 4.69) is 20.7 Å². The molecule has 0 saturated carbocycles. The second-order valence-corrected chi connectivity index (χ2v) is 5.15. The van der Waals surface area contributed by atoms with E-state index in [4.69, 9.17) is 4.74 Å². The summed E-state index contributed by atoms with van der Waals surface area (Å²) in [7, 11) is 1.60. The van der Waals surface area contributed by atoms with Crippen molar-refractivity contribution >= 4 is 12.1 Å². The zero-order chi connectivity index (χ0) is 17.6. The van der Waals surface area contributed by atoms with Gasteiger partial charge < -0.3 is 9.84 Å². The number of methoxy groups -OCH3 is 1. The maximum Gasteiger partial charge on any atom is 0.289 e. The molecule has 3 rings (SSSR count). The predicted molar refractivity (Wildman–Crippen MR) is 93.7 cm³/mol. The molecule has 0 saturated heterocycles. The second-order valence-electron chi connectivity index (χ2n) is 5.15. The van der Waals surface area contributed by atoms with E-state index >= 15 is 0 Å². The molecule has 25 heavy (non-hydrogen) atoms. The molecule has 0 fully saturated rings. The second kappa shape index (κ2) is 7.31. The molecule has 0 atom stereocenters. The normalized spacial score (nSPS) is 10.8. The zero-order valence-electron chi connectivity index (χ0n) is 13.4. The lowest BCUT2D eigenvalue weighted by Gasteiger charge is -2.00. The van der Waals surface area contributed by atoms with Crippen LogP contribution in [0.25, 0.3) is 11.3 Å². The van der Waals surface area contributed by atoms with Crippen LogP contribution >= 0.6 is 0 Å². The fraction of sp³-hybridized carbons (Fsp3) is 0.0556. The molecule has 0 aliphatic carbocycles. The lowest BCUT2D eigenvalue weighted by atomic mass is 10.1. The molecule has 3 N–H and O–H groups in total. The van der Waals surface area contributed by atoms with Crippen molar-refractivity contribution < 1.29 is 14.6 Å². The van der Waals surface area contributed by atoms with Gasteiger partial charge in [-0.05, 0) is 42.5 Å². The Morgan fingerprint density at radius 1 is 1.24 bits per heavy atom. The summed E-state index contributed by atoms with van der Waals surface area (Å²) < 4.78 is 5.11. The predicted octanol–water partition coefficient (Wildman–Crippen LogP) is 2.55. The number of aromatic hydroxyl groups is 1. The molecule has 3 aromatic rings. The quantitative estimate of drug-likeness (QED) is 0.492. The van der Waals surface area contributed by atoms with Crippen LogP contribution in [0.3, 0.4) is 0 Å². The first-order valence-electron chi connectivity index (χ1n) is 7.48. The Balaban J connectivity index is 1.67. The van der Waals surface area contributed by atoms with Crippen molar-refractivity contribution in [3.8, 4) is 22.8 Å². The average Bonchev–Trinajstić information content (AvgIpc) is 3.13. The zero-order valence-corrected chi connectivity index (χ0v) is 13.4. The lowest BCUT2D eigenvalue weighted by molar-refractivity contribution is 0.0950. The fourth-order valence-corrected chi connectivity index (χ4v) is 2.17. The van der Waals surface area contributed by atoms with E-state index in [1.54, 1.807) is 37.4 Å². The maximum absolute atomic E-state index is 12.1. The van der Waals surface area contributed by atoms with Gasteiger partial charge in [-0.15, -0.1) is 0 Å². The third-order valence-corrected chi connectivity index (χ3v) is 3.51. The van der Waals surface area contributed by atoms with Crippen LogP contribution in [0.5, 0.6) is 11.5 Å². The Morgan fingerprint density at radius 3 is 2.72 bits per heavy atom. The number of para-hydroxylation sites is 1. The van der Waals surface area contributed by atoms with Crippen LogP contribution in [0.15, 0.2) is 59.7 Å². The minimum absolute atomic E-state index is 0.0869. The molecule has 0 aliphatic heterocycles. The number of nitrogens with zero attached hydrogens (tertiary/aromatic N) is 2. The fourth-order valence-electron chi connectivity index (χ4n) is 2.17. The molecule has 0 bridgehead atoms. The number of aromatic amines is 1. The first-order valence-corrected chi connectivity index (χ1v) is 7.48. The van der Waals surface area contributed by atoms with Crippen molar-refractivity contribution in [3.63, 3.8) is 0 Å². The SMILES string of the molecule is COc1ccc(-c2cc(C(=O)N/N=C/c3ccccc3O)[nH]n2)cc1. The number of amides is 1. The monoisotopic (exact) mass is 336 g/mol. The van der Waals surface area contributed by atoms with Crippen LogP contribution in [0.1, 0.15) is 16.1 Å². The number of hydrogen-bond donors (Lipinski definition) is 3. The highest BCUT2D eigenvalue weighted by molar-refractivity contribution is 5.94. The Labute approximate surface area is 144 Å². The number of hydrazone groups is 1. The van der Waals surface area contributed by atoms with Gasteiger partial charge in [0.05, 0.1) is 19.0 Å². The summed E-state index contributed by atoms with van der Waals surface area (Å²) in [5.74, 6) is 0.401. The van der Waals surface area contributed by atoms with Crippen LogP contribution in [-0.2, 0) is 0 Å². The maximum atomic E-state index is 12.1. The third kappa shape index (κ3) is 3.84. The van der Waals surface area contributed by atoms with Gasteiger partial charge in [0.15, 0.2) is 0 Å². The number of nitrogens with one attached hydrogen (secondary N) is 2. The van der Waals surface area contributed by atoms with Gasteiger partial charge >= 0.3 is 0 Å². The molecule has 0 aliphatic rings. The van der Waals surface area contributed by atoms with E-state index < -0.39 is 5.91 Å². The van der Waals surface area contributed by atoms with Crippen molar-refractivity contribution in [2.75, 3.05) is 7.11 Å². The van der Waals surface area contributed by atoms with E-state index in [0.717, 1.165) is 11.3 Å². The number of aromatic nitrogens is 2. The topological polar surface area (TPSA) is 99.6 Å². The van der Waals surface area contributed by atoms with Gasteiger partial charge in [-0.2, -0.15) is 10.2 Å². The van der Waals surface area contributed by atoms with Crippen molar-refractivity contribution in [1.29, 1.82) is 0 Å². The third-order valence-electron chi connectivity index (χ3n) is 3.51. The molecule has 1 aromatic heterocycles. The summed E-state index contributed by atoms with van der Waals surface area (Å²) in [6.07, 6.45) is 1.37. The molecule has 0 spiro atoms. The molecule has 2 aromatic carbocycles. The summed E-state index contributed by atoms with van der Waals surface area (Å²) in [4.78, 5) is 12.1. The van der Waals surface area contributed by atoms with Gasteiger partial charge in [-0.25, -0.2) is 5.43 Å². The summed E-state index contributed by atoms with van der Waals surface area (Å²) in [6, 6.07) is 15.7. The molecular weight excluding hydrogens is 320 g/mol. The number of phenols is 1. The van der Waals surface area contributed by atoms with Gasteiger partial charge in [0.25, 0.3) is 5.91 Å². The van der Waals surface area contributed by atoms with Gasteiger partial charge in [-0.3, -0.25) is 9.89 Å². The Hall–Kier alpha value is -3.61. The van der Waals surface area contributed by atoms with E-state index in [1.165, 1.54) is 6.21 Å². The largest absolute Gasteiger partial charge is 0.507 e. The molecular formula is C18H16N4O3. The number of carbonyl (C=O) groups excluding carboxylic acids is 1. The van der Waals surface area contributed by atoms with Crippen molar-refractivity contribution in [2.24, 2.45) is 5.10 Å². The van der Waals surface area contributed by atoms with Gasteiger partial charge in [-0.1, -0.05) is 12.1 Å². The van der Waals surface area contributed by atoms with Crippen molar-refractivity contribution in [1.82, 2.24) is 15.6 Å². The molecule has 7 heteroatoms. The molecule has 0 radical (unpaired) electrons. The molecule has 1 heterocycles. The Kier molecular flexibility index (Phi) is 4.75. The first kappa shape index (κ1) is 16.3. The van der Waals surface area contributed by atoms with E-state index in [-0.39, 0.29) is 11.4 Å². The number of rotatable bonds is 5. The van der Waals surface area contributed by atoms with Crippen LogP contribution in [0.4, 0.5) is 0 Å². The van der Waals surface area contributed by atoms with E-state index in [0.29, 0.717) is 11.3 Å². The smallest absolute Gasteiger partial charge is 0.289 e. The van der Waals surface area contributed by atoms with E-state index in [1.807, 2.05) is 24.3 Å². The van der Waals surface area contributed by atoms with Crippen LogP contribution < -0.4 is 10.2 Å². The highest BCUT2D eigenvalue weighted by atomic mass is 16.5. The number of phenolic OH excluding ortho intramolecular Hbond substituents is 1. The highest BCUT2D eigenvalue weighted by Gasteiger charge is 2.10. The summed E-state index contributed by atoms with van der Waals surface area (Å²) >= 11 is 0. The molecule has 7 nitrogen and oxygen atoms in total. The minimum atomic E-state index is -0.432. The summed E-state index contributed by atoms with van der Waals surface area (Å²) in [5.41, 5.74) is 4.66. The van der Waals surface area contributed by atoms with E-state index in [9.17, 15) is 9.90 Å². The number of ether oxygens (including phenoxy) is 1. The number of benzene rings is 2. The summed E-state index contributed by atoms with van der Waals surface area (Å²) in [6.45, 7) is 0. The van der Waals surface area contributed by atoms with Crippen LogP contribution in [-0.4, -0.2) is 34.5 Å². The highest BCUT2D eigenvalue weighted by Crippen LogP contribution is 2.21. The van der Waals surface area contributed by atoms with Gasteiger partial charge in [0, 0.05) is 11.1 Å². The van der Waals surface area contributed by atoms with Gasteiger partial charge in [0.2, 0.25) is 0 Å². The van der Waals surface area contributed by atoms with Gasteiger partial charge in [0.1, 0.15) is 17.2 Å². The van der Waals surface area contributed by atoms with Crippen LogP contribution in [0, 0.1) is 0 Å². The number of carbonyl (C=O) groups is 1. The van der Waals surface area contributed by atoms with Crippen LogP contribution in [0.2, 0.25) is 0 Å². The standard InChI is InChI=1S/C18H16N4O3/c1-25-14-8-6-12(7-9-14)15-10-16(21-20-15)18(24)22-19-11-13-4-2-3-5-17(13)23/h2-11,23H,1H3,(H,20,21)(H,22,24)/b19-11+.